The zero-order chi connectivity index (χ0) is 15.4. The van der Waals surface area contributed by atoms with Crippen LogP contribution in [-0.4, -0.2) is 46.4 Å². The highest BCUT2D eigenvalue weighted by atomic mass is 16.5. The molecule has 1 amide bonds. The van der Waals surface area contributed by atoms with Gasteiger partial charge >= 0.3 is 0 Å². The van der Waals surface area contributed by atoms with Crippen LogP contribution in [0.2, 0.25) is 0 Å². The average molecular weight is 300 g/mol. The first-order chi connectivity index (χ1) is 10.7. The molecule has 1 atom stereocenters. The van der Waals surface area contributed by atoms with E-state index in [1.807, 2.05) is 29.1 Å². The first kappa shape index (κ1) is 14.7. The third-order valence-electron chi connectivity index (χ3n) is 3.82. The number of hydrogen-bond acceptors (Lipinski definition) is 4. The first-order valence-electron chi connectivity index (χ1n) is 7.41. The molecule has 1 aliphatic heterocycles. The fraction of sp³-hybridized carbons (Fsp3) is 0.375. The molecular weight excluding hydrogens is 280 g/mol. The van der Waals surface area contributed by atoms with Crippen molar-refractivity contribution in [2.45, 2.75) is 19.2 Å². The van der Waals surface area contributed by atoms with Gasteiger partial charge in [-0.15, -0.1) is 0 Å². The topological polar surface area (TPSA) is 73.4 Å². The molecule has 1 aliphatic rings. The molecule has 0 radical (unpaired) electrons. The summed E-state index contributed by atoms with van der Waals surface area (Å²) in [6, 6.07) is 9.38. The lowest BCUT2D eigenvalue weighted by Gasteiger charge is -2.32. The number of carbonyl (C=O) groups excluding carboxylic acids is 1. The summed E-state index contributed by atoms with van der Waals surface area (Å²) < 4.78 is 7.70. The Balaban J connectivity index is 1.56. The number of ether oxygens (including phenoxy) is 1. The van der Waals surface area contributed by atoms with Gasteiger partial charge in [0.25, 0.3) is 0 Å². The number of carbonyl (C=O) groups is 1. The lowest BCUT2D eigenvalue weighted by molar-refractivity contribution is -0.0402. The highest BCUT2D eigenvalue weighted by Crippen LogP contribution is 2.12. The average Bonchev–Trinajstić information content (AvgIpc) is 3.01. The highest BCUT2D eigenvalue weighted by Gasteiger charge is 2.21. The summed E-state index contributed by atoms with van der Waals surface area (Å²) in [5, 5.41) is 4.22. The molecule has 6 nitrogen and oxygen atoms in total. The number of hydrogen-bond donors (Lipinski definition) is 1. The van der Waals surface area contributed by atoms with Gasteiger partial charge in [-0.1, -0.05) is 12.1 Å². The van der Waals surface area contributed by atoms with E-state index < -0.39 is 5.91 Å². The molecule has 0 bridgehead atoms. The Hall–Kier alpha value is -2.18. The minimum atomic E-state index is -0.391. The minimum Gasteiger partial charge on any atom is -0.374 e. The lowest BCUT2D eigenvalue weighted by Crippen LogP contribution is -2.43. The Morgan fingerprint density at radius 3 is 2.86 bits per heavy atom. The van der Waals surface area contributed by atoms with Crippen molar-refractivity contribution >= 4 is 5.91 Å². The van der Waals surface area contributed by atoms with E-state index in [-0.39, 0.29) is 6.10 Å². The number of primary amides is 1. The summed E-state index contributed by atoms with van der Waals surface area (Å²) in [5.41, 5.74) is 6.97. The quantitative estimate of drug-likeness (QED) is 0.890. The zero-order valence-corrected chi connectivity index (χ0v) is 12.4. The monoisotopic (exact) mass is 300 g/mol. The first-order valence-corrected chi connectivity index (χ1v) is 7.41. The van der Waals surface area contributed by atoms with Gasteiger partial charge in [-0.2, -0.15) is 5.10 Å². The SMILES string of the molecule is NC(=O)c1ccc(CN2CCOC(Cn3cccn3)C2)cc1. The van der Waals surface area contributed by atoms with Crippen LogP contribution in [-0.2, 0) is 17.8 Å². The second-order valence-corrected chi connectivity index (χ2v) is 5.52. The summed E-state index contributed by atoms with van der Waals surface area (Å²) in [4.78, 5) is 13.4. The van der Waals surface area contributed by atoms with Gasteiger partial charge in [0.05, 0.1) is 19.3 Å². The second kappa shape index (κ2) is 6.72. The van der Waals surface area contributed by atoms with E-state index in [4.69, 9.17) is 10.5 Å². The fourth-order valence-corrected chi connectivity index (χ4v) is 2.68. The van der Waals surface area contributed by atoms with Crippen molar-refractivity contribution in [1.82, 2.24) is 14.7 Å². The van der Waals surface area contributed by atoms with Crippen LogP contribution >= 0.6 is 0 Å². The Bertz CT molecular complexity index is 610. The van der Waals surface area contributed by atoms with E-state index in [1.165, 1.54) is 5.56 Å². The third-order valence-corrected chi connectivity index (χ3v) is 3.82. The number of aromatic nitrogens is 2. The van der Waals surface area contributed by atoms with E-state index in [1.54, 1.807) is 18.3 Å². The molecule has 1 fully saturated rings. The molecule has 1 saturated heterocycles. The Morgan fingerprint density at radius 1 is 1.36 bits per heavy atom. The van der Waals surface area contributed by atoms with Gasteiger partial charge < -0.3 is 10.5 Å². The van der Waals surface area contributed by atoms with E-state index in [0.717, 1.165) is 32.8 Å². The fourth-order valence-electron chi connectivity index (χ4n) is 2.68. The van der Waals surface area contributed by atoms with Crippen molar-refractivity contribution in [3.05, 3.63) is 53.9 Å². The van der Waals surface area contributed by atoms with Crippen LogP contribution in [0, 0.1) is 0 Å². The number of benzene rings is 1. The molecule has 2 N–H and O–H groups in total. The van der Waals surface area contributed by atoms with Crippen molar-refractivity contribution in [2.75, 3.05) is 19.7 Å². The van der Waals surface area contributed by atoms with Gasteiger partial charge in [0.2, 0.25) is 5.91 Å². The van der Waals surface area contributed by atoms with Crippen molar-refractivity contribution < 1.29 is 9.53 Å². The van der Waals surface area contributed by atoms with Gasteiger partial charge in [-0.25, -0.2) is 0 Å². The smallest absolute Gasteiger partial charge is 0.248 e. The Labute approximate surface area is 129 Å². The van der Waals surface area contributed by atoms with Crippen LogP contribution in [0.15, 0.2) is 42.7 Å². The van der Waals surface area contributed by atoms with Gasteiger partial charge in [0.15, 0.2) is 0 Å². The van der Waals surface area contributed by atoms with E-state index in [0.29, 0.717) is 5.56 Å². The normalized spacial score (nSPS) is 19.2. The largest absolute Gasteiger partial charge is 0.374 e. The molecule has 0 saturated carbocycles. The molecule has 2 heterocycles. The predicted octanol–water partition coefficient (Wildman–Crippen LogP) is 0.883. The minimum absolute atomic E-state index is 0.151. The van der Waals surface area contributed by atoms with E-state index in [9.17, 15) is 4.79 Å². The highest BCUT2D eigenvalue weighted by molar-refractivity contribution is 5.92. The Morgan fingerprint density at radius 2 is 2.18 bits per heavy atom. The van der Waals surface area contributed by atoms with Gasteiger partial charge in [-0.3, -0.25) is 14.4 Å². The third kappa shape index (κ3) is 3.72. The van der Waals surface area contributed by atoms with Gasteiger partial charge in [-0.05, 0) is 23.8 Å². The summed E-state index contributed by atoms with van der Waals surface area (Å²) >= 11 is 0. The molecule has 1 aromatic carbocycles. The molecule has 3 rings (SSSR count). The summed E-state index contributed by atoms with van der Waals surface area (Å²) in [6.07, 6.45) is 3.88. The van der Waals surface area contributed by atoms with Crippen molar-refractivity contribution in [1.29, 1.82) is 0 Å². The molecule has 0 aliphatic carbocycles. The molecular formula is C16H20N4O2. The van der Waals surface area contributed by atoms with Crippen LogP contribution in [0.3, 0.4) is 0 Å². The number of nitrogens with zero attached hydrogens (tertiary/aromatic N) is 3. The van der Waals surface area contributed by atoms with E-state index in [2.05, 4.69) is 10.00 Å². The van der Waals surface area contributed by atoms with Gasteiger partial charge in [0.1, 0.15) is 0 Å². The predicted molar refractivity (Wildman–Crippen MR) is 82.2 cm³/mol. The summed E-state index contributed by atoms with van der Waals surface area (Å²) in [7, 11) is 0. The molecule has 0 spiro atoms. The Kier molecular flexibility index (Phi) is 4.50. The van der Waals surface area contributed by atoms with Crippen molar-refractivity contribution in [3.8, 4) is 0 Å². The van der Waals surface area contributed by atoms with Crippen molar-refractivity contribution in [3.63, 3.8) is 0 Å². The summed E-state index contributed by atoms with van der Waals surface area (Å²) in [6.45, 7) is 4.12. The molecule has 2 aromatic rings. The maximum atomic E-state index is 11.1. The number of morpholine rings is 1. The molecule has 1 unspecified atom stereocenters. The van der Waals surface area contributed by atoms with Crippen LogP contribution in [0.5, 0.6) is 0 Å². The van der Waals surface area contributed by atoms with Crippen LogP contribution < -0.4 is 5.73 Å². The lowest BCUT2D eigenvalue weighted by atomic mass is 10.1. The summed E-state index contributed by atoms with van der Waals surface area (Å²) in [5.74, 6) is -0.391. The van der Waals surface area contributed by atoms with Crippen LogP contribution in [0.1, 0.15) is 15.9 Å². The van der Waals surface area contributed by atoms with Crippen LogP contribution in [0.4, 0.5) is 0 Å². The molecule has 22 heavy (non-hydrogen) atoms. The molecule has 6 heteroatoms. The maximum Gasteiger partial charge on any atom is 0.248 e. The van der Waals surface area contributed by atoms with E-state index >= 15 is 0 Å². The number of rotatable bonds is 5. The number of nitrogens with two attached hydrogens (primary N) is 1. The number of amides is 1. The van der Waals surface area contributed by atoms with Gasteiger partial charge in [0, 0.05) is 37.6 Å². The zero-order valence-electron chi connectivity index (χ0n) is 12.4. The van der Waals surface area contributed by atoms with Crippen molar-refractivity contribution in [2.24, 2.45) is 5.73 Å². The molecule has 1 aromatic heterocycles. The second-order valence-electron chi connectivity index (χ2n) is 5.52. The molecule has 116 valence electrons. The maximum absolute atomic E-state index is 11.1. The van der Waals surface area contributed by atoms with Crippen LogP contribution in [0.25, 0.3) is 0 Å². The standard InChI is InChI=1S/C16H20N4O2/c17-16(21)14-4-2-13(3-5-14)10-19-8-9-22-15(11-19)12-20-7-1-6-18-20/h1-7,15H,8-12H2,(H2,17,21).